The molecule has 2 nitrogen and oxygen atoms in total. The molecule has 0 aromatic carbocycles. The molecule has 1 heterocycles. The maximum absolute atomic E-state index is 3.70. The zero-order valence-corrected chi connectivity index (χ0v) is 10.9. The lowest BCUT2D eigenvalue weighted by Gasteiger charge is -2.25. The molecular weight excluding hydrogens is 184 g/mol. The number of rotatable bonds is 6. The van der Waals surface area contributed by atoms with Gasteiger partial charge in [0, 0.05) is 18.6 Å². The van der Waals surface area contributed by atoms with Gasteiger partial charge in [-0.25, -0.2) is 0 Å². The van der Waals surface area contributed by atoms with Gasteiger partial charge in [-0.05, 0) is 52.1 Å². The van der Waals surface area contributed by atoms with Gasteiger partial charge in [-0.1, -0.05) is 13.8 Å². The predicted molar refractivity (Wildman–Crippen MR) is 67.2 cm³/mol. The summed E-state index contributed by atoms with van der Waals surface area (Å²) in [6.07, 6.45) is 4.08. The maximum Gasteiger partial charge on any atom is 0.0169 e. The van der Waals surface area contributed by atoms with Crippen LogP contribution in [-0.4, -0.2) is 36.6 Å². The summed E-state index contributed by atoms with van der Waals surface area (Å²) in [6, 6.07) is 1.29. The summed E-state index contributed by atoms with van der Waals surface area (Å²) in [6.45, 7) is 13.1. The van der Waals surface area contributed by atoms with E-state index in [9.17, 15) is 0 Å². The number of hydrogen-bond acceptors (Lipinski definition) is 2. The highest BCUT2D eigenvalue weighted by Gasteiger charge is 2.15. The summed E-state index contributed by atoms with van der Waals surface area (Å²) >= 11 is 0. The van der Waals surface area contributed by atoms with Gasteiger partial charge in [-0.3, -0.25) is 0 Å². The SMILES string of the molecule is CC(C)CC(C)NC(C)CN1CCCC1. The molecule has 1 saturated heterocycles. The summed E-state index contributed by atoms with van der Waals surface area (Å²) in [4.78, 5) is 2.58. The first-order valence-electron chi connectivity index (χ1n) is 6.56. The Morgan fingerprint density at radius 1 is 1.00 bits per heavy atom. The largest absolute Gasteiger partial charge is 0.310 e. The van der Waals surface area contributed by atoms with Gasteiger partial charge >= 0.3 is 0 Å². The highest BCUT2D eigenvalue weighted by Crippen LogP contribution is 2.09. The molecule has 15 heavy (non-hydrogen) atoms. The summed E-state index contributed by atoms with van der Waals surface area (Å²) in [7, 11) is 0. The van der Waals surface area contributed by atoms with Crippen molar-refractivity contribution in [1.29, 1.82) is 0 Å². The van der Waals surface area contributed by atoms with Crippen LogP contribution in [0.5, 0.6) is 0 Å². The second kappa shape index (κ2) is 6.49. The Morgan fingerprint density at radius 2 is 1.60 bits per heavy atom. The van der Waals surface area contributed by atoms with E-state index in [0.717, 1.165) is 5.92 Å². The zero-order valence-electron chi connectivity index (χ0n) is 10.9. The molecule has 0 aromatic heterocycles. The molecule has 0 saturated carbocycles. The van der Waals surface area contributed by atoms with E-state index in [1.165, 1.54) is 38.9 Å². The van der Waals surface area contributed by atoms with E-state index in [4.69, 9.17) is 0 Å². The lowest BCUT2D eigenvalue weighted by Crippen LogP contribution is -2.42. The smallest absolute Gasteiger partial charge is 0.0169 e. The van der Waals surface area contributed by atoms with E-state index >= 15 is 0 Å². The van der Waals surface area contributed by atoms with Crippen molar-refractivity contribution in [3.8, 4) is 0 Å². The fourth-order valence-corrected chi connectivity index (χ4v) is 2.67. The second-order valence-corrected chi connectivity index (χ2v) is 5.61. The van der Waals surface area contributed by atoms with Crippen molar-refractivity contribution in [3.05, 3.63) is 0 Å². The van der Waals surface area contributed by atoms with E-state index in [1.54, 1.807) is 0 Å². The Morgan fingerprint density at radius 3 is 2.13 bits per heavy atom. The average Bonchev–Trinajstić information content (AvgIpc) is 2.53. The molecule has 0 bridgehead atoms. The van der Waals surface area contributed by atoms with Crippen molar-refractivity contribution in [3.63, 3.8) is 0 Å². The van der Waals surface area contributed by atoms with Crippen LogP contribution in [0.3, 0.4) is 0 Å². The molecule has 90 valence electrons. The monoisotopic (exact) mass is 212 g/mol. The minimum Gasteiger partial charge on any atom is -0.310 e. The normalized spacial score (nSPS) is 22.2. The molecule has 2 heteroatoms. The molecule has 2 atom stereocenters. The molecule has 0 aliphatic carbocycles. The summed E-state index contributed by atoms with van der Waals surface area (Å²) in [5.74, 6) is 0.798. The molecule has 1 rings (SSSR count). The van der Waals surface area contributed by atoms with Crippen molar-refractivity contribution in [2.75, 3.05) is 19.6 Å². The van der Waals surface area contributed by atoms with Crippen LogP contribution in [0.25, 0.3) is 0 Å². The average molecular weight is 212 g/mol. The number of nitrogens with zero attached hydrogens (tertiary/aromatic N) is 1. The molecule has 1 aliphatic rings. The number of nitrogens with one attached hydrogen (secondary N) is 1. The van der Waals surface area contributed by atoms with Crippen LogP contribution in [-0.2, 0) is 0 Å². The van der Waals surface area contributed by atoms with Crippen LogP contribution < -0.4 is 5.32 Å². The van der Waals surface area contributed by atoms with Crippen molar-refractivity contribution >= 4 is 0 Å². The van der Waals surface area contributed by atoms with Gasteiger partial charge in [0.2, 0.25) is 0 Å². The first-order valence-corrected chi connectivity index (χ1v) is 6.56. The molecule has 1 fully saturated rings. The lowest BCUT2D eigenvalue weighted by molar-refractivity contribution is 0.281. The van der Waals surface area contributed by atoms with Gasteiger partial charge in [0.15, 0.2) is 0 Å². The Kier molecular flexibility index (Phi) is 5.62. The molecule has 1 N–H and O–H groups in total. The molecule has 0 amide bonds. The molecule has 2 unspecified atom stereocenters. The van der Waals surface area contributed by atoms with E-state index in [-0.39, 0.29) is 0 Å². The lowest BCUT2D eigenvalue weighted by atomic mass is 10.0. The number of hydrogen-bond donors (Lipinski definition) is 1. The molecule has 0 spiro atoms. The van der Waals surface area contributed by atoms with Gasteiger partial charge < -0.3 is 10.2 Å². The van der Waals surface area contributed by atoms with Crippen molar-refractivity contribution in [1.82, 2.24) is 10.2 Å². The standard InChI is InChI=1S/C13H28N2/c1-11(2)9-12(3)14-13(4)10-15-7-5-6-8-15/h11-14H,5-10H2,1-4H3. The van der Waals surface area contributed by atoms with Gasteiger partial charge in [-0.15, -0.1) is 0 Å². The second-order valence-electron chi connectivity index (χ2n) is 5.61. The third-order valence-electron chi connectivity index (χ3n) is 3.12. The Bertz CT molecular complexity index is 162. The fourth-order valence-electron chi connectivity index (χ4n) is 2.67. The minimum absolute atomic E-state index is 0.636. The van der Waals surface area contributed by atoms with E-state index in [0.29, 0.717) is 12.1 Å². The minimum atomic E-state index is 0.636. The molecule has 0 aromatic rings. The molecule has 0 radical (unpaired) electrons. The van der Waals surface area contributed by atoms with Crippen molar-refractivity contribution in [2.24, 2.45) is 5.92 Å². The first-order chi connectivity index (χ1) is 7.08. The van der Waals surface area contributed by atoms with Gasteiger partial charge in [-0.2, -0.15) is 0 Å². The molecular formula is C13H28N2. The maximum atomic E-state index is 3.70. The van der Waals surface area contributed by atoms with Crippen LogP contribution >= 0.6 is 0 Å². The van der Waals surface area contributed by atoms with Gasteiger partial charge in [0.25, 0.3) is 0 Å². The fraction of sp³-hybridized carbons (Fsp3) is 1.00. The van der Waals surface area contributed by atoms with E-state index in [2.05, 4.69) is 37.9 Å². The van der Waals surface area contributed by atoms with Crippen LogP contribution in [0.15, 0.2) is 0 Å². The Labute approximate surface area is 95.4 Å². The number of likely N-dealkylation sites (tertiary alicyclic amines) is 1. The van der Waals surface area contributed by atoms with E-state index < -0.39 is 0 Å². The Balaban J connectivity index is 2.13. The van der Waals surface area contributed by atoms with E-state index in [1.807, 2.05) is 0 Å². The van der Waals surface area contributed by atoms with Crippen LogP contribution in [0.4, 0.5) is 0 Å². The van der Waals surface area contributed by atoms with Crippen molar-refractivity contribution in [2.45, 2.75) is 59.0 Å². The third-order valence-corrected chi connectivity index (χ3v) is 3.12. The van der Waals surface area contributed by atoms with Gasteiger partial charge in [0.05, 0.1) is 0 Å². The summed E-state index contributed by atoms with van der Waals surface area (Å²) in [5, 5.41) is 3.70. The Hall–Kier alpha value is -0.0800. The highest BCUT2D eigenvalue weighted by molar-refractivity contribution is 4.75. The molecule has 1 aliphatic heterocycles. The van der Waals surface area contributed by atoms with Crippen molar-refractivity contribution < 1.29 is 0 Å². The van der Waals surface area contributed by atoms with Crippen LogP contribution in [0.1, 0.15) is 47.0 Å². The van der Waals surface area contributed by atoms with Crippen LogP contribution in [0, 0.1) is 5.92 Å². The van der Waals surface area contributed by atoms with Gasteiger partial charge in [0.1, 0.15) is 0 Å². The first kappa shape index (κ1) is 13.0. The topological polar surface area (TPSA) is 15.3 Å². The summed E-state index contributed by atoms with van der Waals surface area (Å²) < 4.78 is 0. The highest BCUT2D eigenvalue weighted by atomic mass is 15.2. The predicted octanol–water partition coefficient (Wildman–Crippen LogP) is 2.49. The third kappa shape index (κ3) is 5.53. The quantitative estimate of drug-likeness (QED) is 0.728. The van der Waals surface area contributed by atoms with Crippen LogP contribution in [0.2, 0.25) is 0 Å². The zero-order chi connectivity index (χ0) is 11.3. The summed E-state index contributed by atoms with van der Waals surface area (Å²) in [5.41, 5.74) is 0.